The molecule has 3 rings (SSSR count). The van der Waals surface area contributed by atoms with Crippen LogP contribution >= 0.6 is 22.9 Å². The fourth-order valence-electron chi connectivity index (χ4n) is 2.57. The topological polar surface area (TPSA) is 71.5 Å². The second-order valence-electron chi connectivity index (χ2n) is 5.91. The van der Waals surface area contributed by atoms with Gasteiger partial charge in [0, 0.05) is 23.4 Å². The molecule has 3 aromatic rings. The van der Waals surface area contributed by atoms with Crippen LogP contribution in [0.2, 0.25) is 5.02 Å². The van der Waals surface area contributed by atoms with E-state index in [0.29, 0.717) is 27.3 Å². The van der Waals surface area contributed by atoms with Crippen LogP contribution in [0.3, 0.4) is 0 Å². The van der Waals surface area contributed by atoms with Crippen LogP contribution in [0.5, 0.6) is 5.75 Å². The van der Waals surface area contributed by atoms with Gasteiger partial charge in [0.2, 0.25) is 11.8 Å². The number of benzene rings is 2. The number of rotatable bonds is 6. The monoisotopic (exact) mass is 427 g/mol. The standard InChI is InChI=1S/C21H18ClN3O3S/c1-14(26)25(17-6-4-3-5-7-17)21-23-16(13-29-21)9-11-20(27)24-18-12-15(22)8-10-19(18)28-2/h3-13H,1-2H3,(H,24,27)/b11-9+. The van der Waals surface area contributed by atoms with Crippen LogP contribution in [0, 0.1) is 0 Å². The smallest absolute Gasteiger partial charge is 0.248 e. The first-order valence-electron chi connectivity index (χ1n) is 8.62. The number of hydrogen-bond donors (Lipinski definition) is 1. The molecule has 0 spiro atoms. The number of aromatic nitrogens is 1. The molecule has 0 fully saturated rings. The molecule has 8 heteroatoms. The summed E-state index contributed by atoms with van der Waals surface area (Å²) >= 11 is 7.29. The van der Waals surface area contributed by atoms with E-state index in [2.05, 4.69) is 10.3 Å². The van der Waals surface area contributed by atoms with Gasteiger partial charge in [-0.2, -0.15) is 0 Å². The van der Waals surface area contributed by atoms with Gasteiger partial charge in [0.25, 0.3) is 0 Å². The molecule has 1 aromatic heterocycles. The second kappa shape index (κ2) is 9.36. The van der Waals surface area contributed by atoms with Crippen molar-refractivity contribution in [1.29, 1.82) is 0 Å². The SMILES string of the molecule is COc1ccc(Cl)cc1NC(=O)/C=C/c1csc(N(C(C)=O)c2ccccc2)n1. The van der Waals surface area contributed by atoms with E-state index >= 15 is 0 Å². The van der Waals surface area contributed by atoms with Gasteiger partial charge in [-0.05, 0) is 36.4 Å². The van der Waals surface area contributed by atoms with Crippen molar-refractivity contribution in [2.24, 2.45) is 0 Å². The van der Waals surface area contributed by atoms with Gasteiger partial charge in [-0.25, -0.2) is 4.98 Å². The van der Waals surface area contributed by atoms with Crippen LogP contribution in [0.4, 0.5) is 16.5 Å². The Labute approximate surface area is 177 Å². The van der Waals surface area contributed by atoms with Gasteiger partial charge in [0.15, 0.2) is 5.13 Å². The Morgan fingerprint density at radius 3 is 2.66 bits per heavy atom. The molecular weight excluding hydrogens is 410 g/mol. The largest absolute Gasteiger partial charge is 0.495 e. The average molecular weight is 428 g/mol. The van der Waals surface area contributed by atoms with Crippen molar-refractivity contribution >= 4 is 57.3 Å². The lowest BCUT2D eigenvalue weighted by molar-refractivity contribution is -0.116. The van der Waals surface area contributed by atoms with E-state index in [1.165, 1.54) is 36.3 Å². The van der Waals surface area contributed by atoms with Crippen molar-refractivity contribution < 1.29 is 14.3 Å². The number of para-hydroxylation sites is 1. The zero-order valence-electron chi connectivity index (χ0n) is 15.8. The number of hydrogen-bond acceptors (Lipinski definition) is 5. The van der Waals surface area contributed by atoms with E-state index in [-0.39, 0.29) is 11.8 Å². The van der Waals surface area contributed by atoms with Gasteiger partial charge in [-0.15, -0.1) is 11.3 Å². The van der Waals surface area contributed by atoms with E-state index in [0.717, 1.165) is 5.69 Å². The molecule has 0 bridgehead atoms. The van der Waals surface area contributed by atoms with E-state index in [1.807, 2.05) is 30.3 Å². The first kappa shape index (κ1) is 20.6. The number of halogens is 1. The molecule has 148 valence electrons. The number of methoxy groups -OCH3 is 1. The Hall–Kier alpha value is -3.16. The van der Waals surface area contributed by atoms with E-state index in [4.69, 9.17) is 16.3 Å². The molecule has 6 nitrogen and oxygen atoms in total. The number of carbonyl (C=O) groups excluding carboxylic acids is 2. The highest BCUT2D eigenvalue weighted by Gasteiger charge is 2.17. The lowest BCUT2D eigenvalue weighted by atomic mass is 10.3. The molecule has 0 aliphatic heterocycles. The maximum absolute atomic E-state index is 12.3. The minimum absolute atomic E-state index is 0.146. The number of anilines is 3. The minimum Gasteiger partial charge on any atom is -0.495 e. The molecule has 2 aromatic carbocycles. The molecule has 0 aliphatic rings. The molecule has 0 saturated carbocycles. The molecule has 0 saturated heterocycles. The van der Waals surface area contributed by atoms with Crippen LogP contribution < -0.4 is 15.0 Å². The van der Waals surface area contributed by atoms with Gasteiger partial charge in [-0.1, -0.05) is 29.8 Å². The molecule has 0 unspecified atom stereocenters. The number of nitrogens with one attached hydrogen (secondary N) is 1. The predicted molar refractivity (Wildman–Crippen MR) is 117 cm³/mol. The number of ether oxygens (including phenoxy) is 1. The maximum Gasteiger partial charge on any atom is 0.248 e. The van der Waals surface area contributed by atoms with Crippen molar-refractivity contribution in [2.45, 2.75) is 6.92 Å². The Balaban J connectivity index is 1.74. The van der Waals surface area contributed by atoms with Crippen molar-refractivity contribution in [2.75, 3.05) is 17.3 Å². The molecule has 1 heterocycles. The number of thiazole rings is 1. The Kier molecular flexibility index (Phi) is 6.64. The molecule has 29 heavy (non-hydrogen) atoms. The first-order chi connectivity index (χ1) is 14.0. The average Bonchev–Trinajstić information content (AvgIpc) is 3.16. The van der Waals surface area contributed by atoms with Gasteiger partial charge in [0.05, 0.1) is 24.2 Å². The summed E-state index contributed by atoms with van der Waals surface area (Å²) in [5.41, 5.74) is 1.77. The van der Waals surface area contributed by atoms with E-state index in [1.54, 1.807) is 29.7 Å². The van der Waals surface area contributed by atoms with E-state index in [9.17, 15) is 9.59 Å². The minimum atomic E-state index is -0.355. The zero-order chi connectivity index (χ0) is 20.8. The van der Waals surface area contributed by atoms with Gasteiger partial charge in [-0.3, -0.25) is 14.5 Å². The summed E-state index contributed by atoms with van der Waals surface area (Å²) in [5.74, 6) is 0.00512. The lowest BCUT2D eigenvalue weighted by Gasteiger charge is -2.17. The summed E-state index contributed by atoms with van der Waals surface area (Å²) < 4.78 is 5.21. The van der Waals surface area contributed by atoms with Crippen LogP contribution in [-0.2, 0) is 9.59 Å². The molecule has 2 amide bonds. The summed E-state index contributed by atoms with van der Waals surface area (Å²) in [7, 11) is 1.51. The molecular formula is C21H18ClN3O3S. The molecule has 0 aliphatic carbocycles. The Morgan fingerprint density at radius 1 is 1.21 bits per heavy atom. The van der Waals surface area contributed by atoms with Gasteiger partial charge >= 0.3 is 0 Å². The zero-order valence-corrected chi connectivity index (χ0v) is 17.3. The van der Waals surface area contributed by atoms with Crippen molar-refractivity contribution in [3.8, 4) is 5.75 Å². The van der Waals surface area contributed by atoms with Crippen LogP contribution in [0.15, 0.2) is 60.0 Å². The third kappa shape index (κ3) is 5.22. The van der Waals surface area contributed by atoms with Gasteiger partial charge in [0.1, 0.15) is 5.75 Å². The van der Waals surface area contributed by atoms with Crippen molar-refractivity contribution in [3.05, 3.63) is 70.7 Å². The van der Waals surface area contributed by atoms with Crippen LogP contribution in [0.1, 0.15) is 12.6 Å². The summed E-state index contributed by atoms with van der Waals surface area (Å²) in [4.78, 5) is 30.3. The van der Waals surface area contributed by atoms with Crippen molar-refractivity contribution in [1.82, 2.24) is 4.98 Å². The normalized spacial score (nSPS) is 10.7. The van der Waals surface area contributed by atoms with Crippen LogP contribution in [-0.4, -0.2) is 23.9 Å². The third-order valence-corrected chi connectivity index (χ3v) is 4.93. The summed E-state index contributed by atoms with van der Waals surface area (Å²) in [6, 6.07) is 14.2. The lowest BCUT2D eigenvalue weighted by Crippen LogP contribution is -2.22. The molecule has 0 radical (unpaired) electrons. The van der Waals surface area contributed by atoms with Crippen molar-refractivity contribution in [3.63, 3.8) is 0 Å². The Bertz CT molecular complexity index is 1050. The first-order valence-corrected chi connectivity index (χ1v) is 9.87. The Morgan fingerprint density at radius 2 is 1.97 bits per heavy atom. The molecule has 1 N–H and O–H groups in total. The van der Waals surface area contributed by atoms with E-state index < -0.39 is 0 Å². The highest BCUT2D eigenvalue weighted by Crippen LogP contribution is 2.29. The highest BCUT2D eigenvalue weighted by atomic mass is 35.5. The quantitative estimate of drug-likeness (QED) is 0.553. The fraction of sp³-hybridized carbons (Fsp3) is 0.0952. The molecule has 0 atom stereocenters. The van der Waals surface area contributed by atoms with Crippen LogP contribution in [0.25, 0.3) is 6.08 Å². The maximum atomic E-state index is 12.3. The summed E-state index contributed by atoms with van der Waals surface area (Å²) in [5, 5.41) is 5.51. The fourth-order valence-corrected chi connectivity index (χ4v) is 3.60. The number of amides is 2. The highest BCUT2D eigenvalue weighted by molar-refractivity contribution is 7.14. The third-order valence-electron chi connectivity index (χ3n) is 3.86. The number of nitrogens with zero attached hydrogens (tertiary/aromatic N) is 2. The summed E-state index contributed by atoms with van der Waals surface area (Å²) in [6.45, 7) is 1.48. The second-order valence-corrected chi connectivity index (χ2v) is 7.19. The predicted octanol–water partition coefficient (Wildman–Crippen LogP) is 5.14. The van der Waals surface area contributed by atoms with Gasteiger partial charge < -0.3 is 10.1 Å². The number of carbonyl (C=O) groups is 2. The summed E-state index contributed by atoms with van der Waals surface area (Å²) in [6.07, 6.45) is 2.94.